The van der Waals surface area contributed by atoms with Gasteiger partial charge < -0.3 is 20.7 Å². The number of amides is 2. The molecule has 1 aliphatic carbocycles. The van der Waals surface area contributed by atoms with Gasteiger partial charge in [-0.25, -0.2) is 0 Å². The van der Waals surface area contributed by atoms with Gasteiger partial charge in [0.25, 0.3) is 0 Å². The highest BCUT2D eigenvalue weighted by Crippen LogP contribution is 2.30. The number of methoxy groups -OCH3 is 1. The van der Waals surface area contributed by atoms with Crippen molar-refractivity contribution in [2.24, 2.45) is 11.7 Å². The van der Waals surface area contributed by atoms with Crippen LogP contribution in [0, 0.1) is 5.92 Å². The summed E-state index contributed by atoms with van der Waals surface area (Å²) in [5.74, 6) is 0.425. The lowest BCUT2D eigenvalue weighted by atomic mass is 10.1. The van der Waals surface area contributed by atoms with E-state index in [2.05, 4.69) is 5.32 Å². The summed E-state index contributed by atoms with van der Waals surface area (Å²) in [5.41, 5.74) is 6.77. The van der Waals surface area contributed by atoms with E-state index in [9.17, 15) is 9.59 Å². The first-order valence-corrected chi connectivity index (χ1v) is 8.38. The van der Waals surface area contributed by atoms with E-state index in [4.69, 9.17) is 10.5 Å². The van der Waals surface area contributed by atoms with Crippen LogP contribution >= 0.6 is 12.4 Å². The molecule has 0 aliphatic heterocycles. The molecule has 1 aromatic rings. The Morgan fingerprint density at radius 1 is 1.32 bits per heavy atom. The number of nitrogens with one attached hydrogen (secondary N) is 1. The van der Waals surface area contributed by atoms with Crippen LogP contribution in [0.15, 0.2) is 24.3 Å². The van der Waals surface area contributed by atoms with Crippen molar-refractivity contribution < 1.29 is 14.3 Å². The fourth-order valence-electron chi connectivity index (χ4n) is 2.51. The first-order chi connectivity index (χ1) is 11.4. The molecule has 3 N–H and O–H groups in total. The predicted molar refractivity (Wildman–Crippen MR) is 99.6 cm³/mol. The quantitative estimate of drug-likeness (QED) is 0.730. The molecular weight excluding hydrogens is 342 g/mol. The maximum absolute atomic E-state index is 12.6. The number of hydrogen-bond donors (Lipinski definition) is 2. The Kier molecular flexibility index (Phi) is 8.19. The highest BCUT2D eigenvalue weighted by atomic mass is 35.5. The van der Waals surface area contributed by atoms with Crippen LogP contribution in [0.3, 0.4) is 0 Å². The van der Waals surface area contributed by atoms with Gasteiger partial charge in [0, 0.05) is 18.2 Å². The molecule has 6 nitrogen and oxygen atoms in total. The summed E-state index contributed by atoms with van der Waals surface area (Å²) in [6, 6.07) is 7.32. The van der Waals surface area contributed by atoms with Crippen LogP contribution in [0.2, 0.25) is 0 Å². The van der Waals surface area contributed by atoms with Crippen LogP contribution in [-0.4, -0.2) is 42.5 Å². The Morgan fingerprint density at radius 2 is 1.96 bits per heavy atom. The summed E-state index contributed by atoms with van der Waals surface area (Å²) in [6.45, 7) is 4.22. The minimum atomic E-state index is -0.596. The maximum atomic E-state index is 12.6. The van der Waals surface area contributed by atoms with Gasteiger partial charge in [0.15, 0.2) is 0 Å². The summed E-state index contributed by atoms with van der Waals surface area (Å²) in [6.07, 6.45) is 2.00. The largest absolute Gasteiger partial charge is 0.496 e. The Labute approximate surface area is 155 Å². The van der Waals surface area contributed by atoms with Gasteiger partial charge in [-0.05, 0) is 24.8 Å². The van der Waals surface area contributed by atoms with E-state index in [-0.39, 0.29) is 42.7 Å². The molecule has 0 unspecified atom stereocenters. The molecule has 0 saturated heterocycles. The average Bonchev–Trinajstić information content (AvgIpc) is 3.41. The van der Waals surface area contributed by atoms with E-state index in [0.29, 0.717) is 6.54 Å². The van der Waals surface area contributed by atoms with Gasteiger partial charge in [-0.2, -0.15) is 0 Å². The zero-order valence-electron chi connectivity index (χ0n) is 15.0. The number of carbonyl (C=O) groups excluding carboxylic acids is 2. The van der Waals surface area contributed by atoms with Crippen molar-refractivity contribution in [3.05, 3.63) is 29.8 Å². The Balaban J connectivity index is 0.00000312. The number of benzene rings is 1. The fraction of sp³-hybridized carbons (Fsp3) is 0.556. The molecule has 1 saturated carbocycles. The molecule has 1 aromatic carbocycles. The number of hydrogen-bond acceptors (Lipinski definition) is 4. The van der Waals surface area contributed by atoms with Crippen LogP contribution in [0.25, 0.3) is 0 Å². The number of nitrogens with zero attached hydrogens (tertiary/aromatic N) is 1. The first-order valence-electron chi connectivity index (χ1n) is 8.38. The number of rotatable bonds is 8. The monoisotopic (exact) mass is 369 g/mol. The predicted octanol–water partition coefficient (Wildman–Crippen LogP) is 1.71. The summed E-state index contributed by atoms with van der Waals surface area (Å²) in [4.78, 5) is 26.3. The zero-order valence-corrected chi connectivity index (χ0v) is 15.8. The molecule has 1 aliphatic rings. The average molecular weight is 370 g/mol. The van der Waals surface area contributed by atoms with Crippen LogP contribution in [0.5, 0.6) is 5.75 Å². The molecule has 2 amide bonds. The molecule has 0 bridgehead atoms. The minimum Gasteiger partial charge on any atom is -0.496 e. The number of carbonyl (C=O) groups is 2. The smallest absolute Gasteiger partial charge is 0.242 e. The second-order valence-corrected chi connectivity index (χ2v) is 6.55. The van der Waals surface area contributed by atoms with Crippen molar-refractivity contribution in [1.29, 1.82) is 0 Å². The Hall–Kier alpha value is -1.79. The van der Waals surface area contributed by atoms with E-state index >= 15 is 0 Å². The van der Waals surface area contributed by atoms with Gasteiger partial charge >= 0.3 is 0 Å². The summed E-state index contributed by atoms with van der Waals surface area (Å²) >= 11 is 0. The van der Waals surface area contributed by atoms with E-state index < -0.39 is 6.04 Å². The normalized spacial score (nSPS) is 14.4. The fourth-order valence-corrected chi connectivity index (χ4v) is 2.51. The van der Waals surface area contributed by atoms with Crippen molar-refractivity contribution in [3.8, 4) is 5.75 Å². The molecule has 0 heterocycles. The Morgan fingerprint density at radius 3 is 2.52 bits per heavy atom. The third-order valence-electron chi connectivity index (χ3n) is 4.28. The van der Waals surface area contributed by atoms with Crippen molar-refractivity contribution >= 4 is 24.2 Å². The number of nitrogens with two attached hydrogens (primary N) is 1. The molecule has 7 heteroatoms. The Bertz CT molecular complexity index is 591. The highest BCUT2D eigenvalue weighted by molar-refractivity contribution is 5.87. The van der Waals surface area contributed by atoms with Gasteiger partial charge in [-0.15, -0.1) is 12.4 Å². The number of ether oxygens (including phenoxy) is 1. The molecule has 0 radical (unpaired) electrons. The van der Waals surface area contributed by atoms with Crippen molar-refractivity contribution in [2.45, 2.75) is 45.3 Å². The van der Waals surface area contributed by atoms with Crippen molar-refractivity contribution in [1.82, 2.24) is 10.2 Å². The molecule has 0 spiro atoms. The first kappa shape index (κ1) is 21.3. The van der Waals surface area contributed by atoms with Crippen LogP contribution in [0.1, 0.15) is 32.3 Å². The van der Waals surface area contributed by atoms with E-state index in [1.54, 1.807) is 7.11 Å². The van der Waals surface area contributed by atoms with Gasteiger partial charge in [0.05, 0.1) is 19.7 Å². The second kappa shape index (κ2) is 9.63. The lowest BCUT2D eigenvalue weighted by Gasteiger charge is -2.24. The van der Waals surface area contributed by atoms with Gasteiger partial charge in [-0.1, -0.05) is 32.0 Å². The lowest BCUT2D eigenvalue weighted by molar-refractivity contribution is -0.134. The summed E-state index contributed by atoms with van der Waals surface area (Å²) in [5, 5.41) is 2.65. The minimum absolute atomic E-state index is 0. The molecular formula is C18H28ClN3O3. The molecule has 2 rings (SSSR count). The van der Waals surface area contributed by atoms with Gasteiger partial charge in [0.1, 0.15) is 5.75 Å². The molecule has 0 aromatic heterocycles. The third-order valence-corrected chi connectivity index (χ3v) is 4.28. The second-order valence-electron chi connectivity index (χ2n) is 6.55. The van der Waals surface area contributed by atoms with Crippen molar-refractivity contribution in [2.75, 3.05) is 13.7 Å². The number of halogens is 1. The van der Waals surface area contributed by atoms with Gasteiger partial charge in [-0.3, -0.25) is 9.59 Å². The van der Waals surface area contributed by atoms with Crippen molar-refractivity contribution in [3.63, 3.8) is 0 Å². The SMILES string of the molecule is COc1ccccc1CN(C(=O)CNC(=O)[C@@H](N)C(C)C)C1CC1.Cl. The summed E-state index contributed by atoms with van der Waals surface area (Å²) in [7, 11) is 1.62. The molecule has 1 atom stereocenters. The van der Waals surface area contributed by atoms with Crippen LogP contribution in [-0.2, 0) is 16.1 Å². The standard InChI is InChI=1S/C18H27N3O3.ClH/c1-12(2)17(19)18(23)20-10-16(22)21(14-8-9-14)11-13-6-4-5-7-15(13)24-3;/h4-7,12,14,17H,8-11,19H2,1-3H3,(H,20,23);1H/t17-;/m0./s1. The highest BCUT2D eigenvalue weighted by Gasteiger charge is 2.33. The molecule has 140 valence electrons. The summed E-state index contributed by atoms with van der Waals surface area (Å²) < 4.78 is 5.36. The van der Waals surface area contributed by atoms with Crippen LogP contribution < -0.4 is 15.8 Å². The molecule has 25 heavy (non-hydrogen) atoms. The molecule has 1 fully saturated rings. The topological polar surface area (TPSA) is 84.7 Å². The zero-order chi connectivity index (χ0) is 17.7. The third kappa shape index (κ3) is 5.90. The number of para-hydroxylation sites is 1. The van der Waals surface area contributed by atoms with Crippen LogP contribution in [0.4, 0.5) is 0 Å². The van der Waals surface area contributed by atoms with E-state index in [1.807, 2.05) is 43.0 Å². The maximum Gasteiger partial charge on any atom is 0.242 e. The van der Waals surface area contributed by atoms with E-state index in [0.717, 1.165) is 24.2 Å². The van der Waals surface area contributed by atoms with Gasteiger partial charge in [0.2, 0.25) is 11.8 Å². The lowest BCUT2D eigenvalue weighted by Crippen LogP contribution is -2.48. The van der Waals surface area contributed by atoms with E-state index in [1.165, 1.54) is 0 Å².